The van der Waals surface area contributed by atoms with Gasteiger partial charge in [-0.2, -0.15) is 0 Å². The molecule has 0 saturated heterocycles. The number of hydrogen-bond donors (Lipinski definition) is 3. The van der Waals surface area contributed by atoms with Crippen LogP contribution in [0.25, 0.3) is 0 Å². The van der Waals surface area contributed by atoms with Gasteiger partial charge in [-0.1, -0.05) is 6.92 Å². The Morgan fingerprint density at radius 3 is 2.41 bits per heavy atom. The number of carbonyl (C=O) groups excluding carboxylic acids is 1. The van der Waals surface area contributed by atoms with Gasteiger partial charge in [0, 0.05) is 12.6 Å². The van der Waals surface area contributed by atoms with Gasteiger partial charge in [0.25, 0.3) is 0 Å². The summed E-state index contributed by atoms with van der Waals surface area (Å²) in [6.45, 7) is 7.64. The lowest BCUT2D eigenvalue weighted by Gasteiger charge is -2.25. The summed E-state index contributed by atoms with van der Waals surface area (Å²) in [5, 5.41) is 14.6. The van der Waals surface area contributed by atoms with E-state index in [4.69, 9.17) is 5.11 Å². The van der Waals surface area contributed by atoms with Gasteiger partial charge in [-0.3, -0.25) is 4.79 Å². The Kier molecular flexibility index (Phi) is 8.13. The Bertz CT molecular complexity index is 244. The highest BCUT2D eigenvalue weighted by Crippen LogP contribution is 1.98. The third-order valence-corrected chi connectivity index (χ3v) is 2.25. The maximum atomic E-state index is 11.7. The molecule has 0 bridgehead atoms. The topological polar surface area (TPSA) is 81.7 Å². The van der Waals surface area contributed by atoms with Crippen LogP contribution < -0.4 is 10.6 Å². The monoisotopic (exact) mass is 245 g/mol. The summed E-state index contributed by atoms with van der Waals surface area (Å²) in [6, 6.07) is -0.446. The zero-order valence-electron chi connectivity index (χ0n) is 10.8. The third kappa shape index (κ3) is 7.57. The van der Waals surface area contributed by atoms with E-state index in [1.54, 1.807) is 13.8 Å². The van der Waals surface area contributed by atoms with Crippen LogP contribution in [0.15, 0.2) is 0 Å². The van der Waals surface area contributed by atoms with Crippen LogP contribution in [0.4, 0.5) is 4.79 Å². The number of carboxylic acid groups (broad SMARTS) is 1. The zero-order valence-corrected chi connectivity index (χ0v) is 10.8. The maximum Gasteiger partial charge on any atom is 0.323 e. The minimum Gasteiger partial charge on any atom is -0.480 e. The Morgan fingerprint density at radius 1 is 1.29 bits per heavy atom. The van der Waals surface area contributed by atoms with Gasteiger partial charge >= 0.3 is 12.0 Å². The van der Waals surface area contributed by atoms with Crippen molar-refractivity contribution in [3.63, 3.8) is 0 Å². The lowest BCUT2D eigenvalue weighted by Crippen LogP contribution is -2.46. The molecule has 0 aliphatic heterocycles. The molecule has 0 unspecified atom stereocenters. The summed E-state index contributed by atoms with van der Waals surface area (Å²) in [6.07, 6.45) is 0.832. The Morgan fingerprint density at radius 2 is 1.94 bits per heavy atom. The minimum atomic E-state index is -0.999. The van der Waals surface area contributed by atoms with Gasteiger partial charge < -0.3 is 20.6 Å². The van der Waals surface area contributed by atoms with E-state index in [0.29, 0.717) is 6.54 Å². The van der Waals surface area contributed by atoms with Crippen LogP contribution in [-0.4, -0.2) is 54.2 Å². The quantitative estimate of drug-likeness (QED) is 0.544. The summed E-state index contributed by atoms with van der Waals surface area (Å²) in [7, 11) is 0. The molecular formula is C11H23N3O3. The van der Waals surface area contributed by atoms with Gasteiger partial charge in [-0.15, -0.1) is 0 Å². The summed E-state index contributed by atoms with van der Waals surface area (Å²) in [5.74, 6) is -0.999. The molecule has 0 saturated carbocycles. The summed E-state index contributed by atoms with van der Waals surface area (Å²) in [5.41, 5.74) is 0. The van der Waals surface area contributed by atoms with Crippen LogP contribution >= 0.6 is 0 Å². The molecule has 3 N–H and O–H groups in total. The van der Waals surface area contributed by atoms with E-state index in [9.17, 15) is 9.59 Å². The van der Waals surface area contributed by atoms with E-state index in [-0.39, 0.29) is 18.6 Å². The highest BCUT2D eigenvalue weighted by molar-refractivity contribution is 5.80. The van der Waals surface area contributed by atoms with Crippen molar-refractivity contribution in [2.45, 2.75) is 33.2 Å². The van der Waals surface area contributed by atoms with Crippen molar-refractivity contribution in [2.24, 2.45) is 0 Å². The van der Waals surface area contributed by atoms with Crippen LogP contribution in [0, 0.1) is 0 Å². The fraction of sp³-hybridized carbons (Fsp3) is 0.818. The highest BCUT2D eigenvalue weighted by atomic mass is 16.4. The molecule has 2 amide bonds. The molecule has 0 aromatic rings. The average molecular weight is 245 g/mol. The van der Waals surface area contributed by atoms with Crippen LogP contribution in [0.2, 0.25) is 0 Å². The van der Waals surface area contributed by atoms with Crippen LogP contribution in [0.3, 0.4) is 0 Å². The molecule has 6 nitrogen and oxygen atoms in total. The largest absolute Gasteiger partial charge is 0.480 e. The van der Waals surface area contributed by atoms with Gasteiger partial charge in [0.2, 0.25) is 0 Å². The second kappa shape index (κ2) is 8.81. The SMILES string of the molecule is CCNCCCNC(=O)N(CC(=O)O)C(C)C. The molecule has 0 fully saturated rings. The number of nitrogens with zero attached hydrogens (tertiary/aromatic N) is 1. The van der Waals surface area contributed by atoms with Crippen molar-refractivity contribution in [1.29, 1.82) is 0 Å². The van der Waals surface area contributed by atoms with E-state index in [0.717, 1.165) is 19.5 Å². The number of carbonyl (C=O) groups is 2. The predicted molar refractivity (Wildman–Crippen MR) is 66.0 cm³/mol. The molecule has 0 aromatic carbocycles. The summed E-state index contributed by atoms with van der Waals surface area (Å²) >= 11 is 0. The highest BCUT2D eigenvalue weighted by Gasteiger charge is 2.18. The second-order valence-corrected chi connectivity index (χ2v) is 4.05. The Hall–Kier alpha value is -1.30. The zero-order chi connectivity index (χ0) is 13.3. The fourth-order valence-corrected chi connectivity index (χ4v) is 1.32. The second-order valence-electron chi connectivity index (χ2n) is 4.05. The van der Waals surface area contributed by atoms with E-state index < -0.39 is 5.97 Å². The average Bonchev–Trinajstić information content (AvgIpc) is 2.24. The molecule has 0 radical (unpaired) electrons. The van der Waals surface area contributed by atoms with Crippen molar-refractivity contribution >= 4 is 12.0 Å². The first-order chi connectivity index (χ1) is 7.99. The van der Waals surface area contributed by atoms with Gasteiger partial charge in [0.05, 0.1) is 0 Å². The summed E-state index contributed by atoms with van der Waals surface area (Å²) < 4.78 is 0. The fourth-order valence-electron chi connectivity index (χ4n) is 1.32. The molecular weight excluding hydrogens is 222 g/mol. The van der Waals surface area contributed by atoms with Crippen molar-refractivity contribution in [2.75, 3.05) is 26.2 Å². The molecule has 100 valence electrons. The first kappa shape index (κ1) is 15.7. The first-order valence-corrected chi connectivity index (χ1v) is 5.96. The molecule has 0 rings (SSSR count). The molecule has 0 atom stereocenters. The van der Waals surface area contributed by atoms with E-state index in [1.165, 1.54) is 4.90 Å². The number of rotatable bonds is 8. The number of amides is 2. The van der Waals surface area contributed by atoms with Crippen molar-refractivity contribution in [3.8, 4) is 0 Å². The standard InChI is InChI=1S/C11H23N3O3/c1-4-12-6-5-7-13-11(17)14(9(2)3)8-10(15)16/h9,12H,4-8H2,1-3H3,(H,13,17)(H,15,16). The smallest absolute Gasteiger partial charge is 0.323 e. The predicted octanol–water partition coefficient (Wildman–Crippen LogP) is 0.491. The van der Waals surface area contributed by atoms with Gasteiger partial charge in [0.15, 0.2) is 0 Å². The molecule has 17 heavy (non-hydrogen) atoms. The van der Waals surface area contributed by atoms with Crippen LogP contribution in [0.5, 0.6) is 0 Å². The lowest BCUT2D eigenvalue weighted by atomic mass is 10.3. The van der Waals surface area contributed by atoms with Crippen LogP contribution in [-0.2, 0) is 4.79 Å². The van der Waals surface area contributed by atoms with Crippen molar-refractivity contribution in [3.05, 3.63) is 0 Å². The Labute approximate surface area is 102 Å². The molecule has 0 spiro atoms. The molecule has 0 aliphatic rings. The van der Waals surface area contributed by atoms with Crippen molar-refractivity contribution in [1.82, 2.24) is 15.5 Å². The number of carboxylic acids is 1. The molecule has 0 aromatic heterocycles. The van der Waals surface area contributed by atoms with E-state index >= 15 is 0 Å². The Balaban J connectivity index is 3.94. The van der Waals surface area contributed by atoms with E-state index in [1.807, 2.05) is 6.92 Å². The summed E-state index contributed by atoms with van der Waals surface area (Å²) in [4.78, 5) is 23.6. The number of nitrogens with one attached hydrogen (secondary N) is 2. The number of aliphatic carboxylic acids is 1. The van der Waals surface area contributed by atoms with Gasteiger partial charge in [-0.05, 0) is 33.4 Å². The normalized spacial score (nSPS) is 10.4. The van der Waals surface area contributed by atoms with E-state index in [2.05, 4.69) is 10.6 Å². The van der Waals surface area contributed by atoms with Crippen molar-refractivity contribution < 1.29 is 14.7 Å². The molecule has 0 aliphatic carbocycles. The maximum absolute atomic E-state index is 11.7. The van der Waals surface area contributed by atoms with Gasteiger partial charge in [0.1, 0.15) is 6.54 Å². The molecule has 6 heteroatoms. The minimum absolute atomic E-state index is 0.125. The number of hydrogen-bond acceptors (Lipinski definition) is 3. The first-order valence-electron chi connectivity index (χ1n) is 5.96. The third-order valence-electron chi connectivity index (χ3n) is 2.25. The lowest BCUT2D eigenvalue weighted by molar-refractivity contribution is -0.138. The molecule has 0 heterocycles. The van der Waals surface area contributed by atoms with Gasteiger partial charge in [-0.25, -0.2) is 4.79 Å². The van der Waals surface area contributed by atoms with Crippen LogP contribution in [0.1, 0.15) is 27.2 Å². The number of urea groups is 1.